The molecule has 0 saturated carbocycles. The van der Waals surface area contributed by atoms with E-state index < -0.39 is 0 Å². The van der Waals surface area contributed by atoms with Gasteiger partial charge in [0.2, 0.25) is 5.91 Å². The van der Waals surface area contributed by atoms with Crippen molar-refractivity contribution in [3.05, 3.63) is 90.0 Å². The highest BCUT2D eigenvalue weighted by molar-refractivity contribution is 8.00. The lowest BCUT2D eigenvalue weighted by Crippen LogP contribution is -2.14. The van der Waals surface area contributed by atoms with E-state index in [0.717, 1.165) is 39.4 Å². The van der Waals surface area contributed by atoms with Crippen molar-refractivity contribution in [1.29, 1.82) is 5.26 Å². The Morgan fingerprint density at radius 2 is 1.58 bits per heavy atom. The van der Waals surface area contributed by atoms with Gasteiger partial charge in [0.1, 0.15) is 22.6 Å². The smallest absolute Gasteiger partial charge is 0.234 e. The lowest BCUT2D eigenvalue weighted by atomic mass is 9.99. The molecule has 0 spiro atoms. The van der Waals surface area contributed by atoms with E-state index in [0.29, 0.717) is 16.3 Å². The van der Waals surface area contributed by atoms with Gasteiger partial charge in [0.15, 0.2) is 0 Å². The van der Waals surface area contributed by atoms with Crippen LogP contribution in [-0.2, 0) is 4.79 Å². The van der Waals surface area contributed by atoms with Crippen molar-refractivity contribution in [2.45, 2.75) is 11.9 Å². The third kappa shape index (κ3) is 5.85. The highest BCUT2D eigenvalue weighted by atomic mass is 32.2. The Balaban J connectivity index is 1.70. The Hall–Kier alpha value is -4.28. The molecule has 4 rings (SSSR count). The molecular formula is C29H25N3O3S. The molecule has 180 valence electrons. The van der Waals surface area contributed by atoms with E-state index in [2.05, 4.69) is 11.4 Å². The van der Waals surface area contributed by atoms with Gasteiger partial charge in [-0.1, -0.05) is 36.0 Å². The first kappa shape index (κ1) is 24.8. The Morgan fingerprint density at radius 3 is 2.17 bits per heavy atom. The van der Waals surface area contributed by atoms with Crippen LogP contribution >= 0.6 is 11.8 Å². The SMILES string of the molecule is COc1ccc(-c2cc(-c3ccc(OC)cc3)c(C#N)c(SCC(=O)Nc3cccc(C)c3)n2)cc1. The molecule has 1 aromatic heterocycles. The maximum absolute atomic E-state index is 12.7. The van der Waals surface area contributed by atoms with Gasteiger partial charge in [-0.3, -0.25) is 4.79 Å². The molecule has 0 aliphatic heterocycles. The van der Waals surface area contributed by atoms with Gasteiger partial charge in [-0.05, 0) is 72.6 Å². The maximum Gasteiger partial charge on any atom is 0.234 e. The van der Waals surface area contributed by atoms with Gasteiger partial charge < -0.3 is 14.8 Å². The van der Waals surface area contributed by atoms with Crippen molar-refractivity contribution in [1.82, 2.24) is 4.98 Å². The van der Waals surface area contributed by atoms with E-state index in [9.17, 15) is 10.1 Å². The molecule has 3 aromatic carbocycles. The summed E-state index contributed by atoms with van der Waals surface area (Å²) < 4.78 is 10.6. The minimum absolute atomic E-state index is 0.115. The minimum atomic E-state index is -0.169. The second kappa shape index (κ2) is 11.4. The summed E-state index contributed by atoms with van der Waals surface area (Å²) in [4.78, 5) is 17.5. The van der Waals surface area contributed by atoms with Crippen LogP contribution in [0, 0.1) is 18.3 Å². The number of aryl methyl sites for hydroxylation is 1. The third-order valence-corrected chi connectivity index (χ3v) is 6.50. The zero-order valence-corrected chi connectivity index (χ0v) is 21.1. The second-order valence-electron chi connectivity index (χ2n) is 8.01. The van der Waals surface area contributed by atoms with Crippen LogP contribution in [0.3, 0.4) is 0 Å². The number of amides is 1. The fourth-order valence-corrected chi connectivity index (χ4v) is 4.50. The Kier molecular flexibility index (Phi) is 7.89. The van der Waals surface area contributed by atoms with Crippen molar-refractivity contribution in [2.75, 3.05) is 25.3 Å². The van der Waals surface area contributed by atoms with Gasteiger partial charge in [0.05, 0.1) is 31.2 Å². The van der Waals surface area contributed by atoms with E-state index in [1.807, 2.05) is 85.8 Å². The van der Waals surface area contributed by atoms with Crippen LogP contribution in [0.2, 0.25) is 0 Å². The topological polar surface area (TPSA) is 84.2 Å². The Morgan fingerprint density at radius 1 is 0.944 bits per heavy atom. The van der Waals surface area contributed by atoms with Crippen molar-refractivity contribution in [2.24, 2.45) is 0 Å². The summed E-state index contributed by atoms with van der Waals surface area (Å²) in [5.74, 6) is 1.41. The first-order valence-electron chi connectivity index (χ1n) is 11.2. The van der Waals surface area contributed by atoms with E-state index in [1.165, 1.54) is 11.8 Å². The molecule has 36 heavy (non-hydrogen) atoms. The van der Waals surface area contributed by atoms with E-state index in [4.69, 9.17) is 14.5 Å². The van der Waals surface area contributed by atoms with Gasteiger partial charge in [-0.25, -0.2) is 4.98 Å². The van der Waals surface area contributed by atoms with Crippen LogP contribution in [0.4, 0.5) is 5.69 Å². The van der Waals surface area contributed by atoms with E-state index in [1.54, 1.807) is 14.2 Å². The number of methoxy groups -OCH3 is 2. The largest absolute Gasteiger partial charge is 0.497 e. The first-order valence-corrected chi connectivity index (χ1v) is 12.2. The summed E-state index contributed by atoms with van der Waals surface area (Å²) in [5, 5.41) is 13.5. The molecule has 1 N–H and O–H groups in total. The molecule has 0 radical (unpaired) electrons. The minimum Gasteiger partial charge on any atom is -0.497 e. The Labute approximate surface area is 214 Å². The lowest BCUT2D eigenvalue weighted by molar-refractivity contribution is -0.113. The van der Waals surface area contributed by atoms with Crippen molar-refractivity contribution in [3.63, 3.8) is 0 Å². The number of ether oxygens (including phenoxy) is 2. The van der Waals surface area contributed by atoms with E-state index in [-0.39, 0.29) is 11.7 Å². The number of pyridine rings is 1. The molecule has 1 amide bonds. The number of rotatable bonds is 8. The monoisotopic (exact) mass is 495 g/mol. The van der Waals surface area contributed by atoms with Gasteiger partial charge in [-0.15, -0.1) is 0 Å². The number of nitriles is 1. The van der Waals surface area contributed by atoms with Crippen molar-refractivity contribution < 1.29 is 14.3 Å². The zero-order valence-electron chi connectivity index (χ0n) is 20.2. The fraction of sp³-hybridized carbons (Fsp3) is 0.138. The normalized spacial score (nSPS) is 10.4. The number of nitrogens with one attached hydrogen (secondary N) is 1. The van der Waals surface area contributed by atoms with Gasteiger partial charge in [0, 0.05) is 16.8 Å². The molecule has 0 fully saturated rings. The average Bonchev–Trinajstić information content (AvgIpc) is 2.91. The summed E-state index contributed by atoms with van der Waals surface area (Å²) >= 11 is 1.24. The number of benzene rings is 3. The molecule has 0 unspecified atom stereocenters. The molecule has 4 aromatic rings. The predicted molar refractivity (Wildman–Crippen MR) is 143 cm³/mol. The van der Waals surface area contributed by atoms with Crippen LogP contribution in [0.15, 0.2) is 83.9 Å². The van der Waals surface area contributed by atoms with Crippen molar-refractivity contribution in [3.8, 4) is 40.0 Å². The molecule has 0 aliphatic rings. The molecule has 6 nitrogen and oxygen atoms in total. The summed E-state index contributed by atoms with van der Waals surface area (Å²) in [5.41, 5.74) is 5.39. The molecule has 1 heterocycles. The summed E-state index contributed by atoms with van der Waals surface area (Å²) in [6.07, 6.45) is 0. The van der Waals surface area contributed by atoms with E-state index >= 15 is 0 Å². The van der Waals surface area contributed by atoms with Gasteiger partial charge >= 0.3 is 0 Å². The summed E-state index contributed by atoms with van der Waals surface area (Å²) in [7, 11) is 3.23. The van der Waals surface area contributed by atoms with Crippen LogP contribution in [-0.4, -0.2) is 30.9 Å². The molecule has 0 bridgehead atoms. The highest BCUT2D eigenvalue weighted by Crippen LogP contribution is 2.35. The number of anilines is 1. The van der Waals surface area contributed by atoms with Crippen LogP contribution in [0.25, 0.3) is 22.4 Å². The first-order chi connectivity index (χ1) is 17.5. The molecule has 0 atom stereocenters. The average molecular weight is 496 g/mol. The van der Waals surface area contributed by atoms with Gasteiger partial charge in [-0.2, -0.15) is 5.26 Å². The number of thioether (sulfide) groups is 1. The fourth-order valence-electron chi connectivity index (χ4n) is 3.70. The summed E-state index contributed by atoms with van der Waals surface area (Å²) in [6.45, 7) is 1.97. The maximum atomic E-state index is 12.7. The molecule has 0 saturated heterocycles. The number of carbonyl (C=O) groups excluding carboxylic acids is 1. The predicted octanol–water partition coefficient (Wildman–Crippen LogP) is 6.34. The highest BCUT2D eigenvalue weighted by Gasteiger charge is 2.17. The second-order valence-corrected chi connectivity index (χ2v) is 8.97. The molecular weight excluding hydrogens is 470 g/mol. The summed E-state index contributed by atoms with van der Waals surface area (Å²) in [6, 6.07) is 26.9. The van der Waals surface area contributed by atoms with Crippen LogP contribution in [0.5, 0.6) is 11.5 Å². The third-order valence-electron chi connectivity index (χ3n) is 5.53. The Bertz CT molecular complexity index is 1410. The number of carbonyl (C=O) groups is 1. The van der Waals surface area contributed by atoms with Gasteiger partial charge in [0.25, 0.3) is 0 Å². The standard InChI is InChI=1S/C29H25N3O3S/c1-19-5-4-6-22(15-19)31-28(33)18-36-29-26(17-30)25(20-7-11-23(34-2)12-8-20)16-27(32-29)21-9-13-24(35-3)14-10-21/h4-16H,18H2,1-3H3,(H,31,33). The van der Waals surface area contributed by atoms with Crippen molar-refractivity contribution >= 4 is 23.4 Å². The van der Waals surface area contributed by atoms with Crippen LogP contribution in [0.1, 0.15) is 11.1 Å². The number of nitrogens with zero attached hydrogens (tertiary/aromatic N) is 2. The number of hydrogen-bond donors (Lipinski definition) is 1. The van der Waals surface area contributed by atoms with Crippen LogP contribution < -0.4 is 14.8 Å². The quantitative estimate of drug-likeness (QED) is 0.287. The zero-order chi connectivity index (χ0) is 25.5. The molecule has 7 heteroatoms. The number of hydrogen-bond acceptors (Lipinski definition) is 6. The molecule has 0 aliphatic carbocycles. The lowest BCUT2D eigenvalue weighted by Gasteiger charge is -2.13. The number of aromatic nitrogens is 1.